The van der Waals surface area contributed by atoms with Crippen LogP contribution < -0.4 is 14.8 Å². The zero-order valence-electron chi connectivity index (χ0n) is 13.7. The van der Waals surface area contributed by atoms with Crippen molar-refractivity contribution < 1.29 is 16.8 Å². The first-order valence-corrected chi connectivity index (χ1v) is 11.0. The monoisotopic (exact) mass is 373 g/mol. The fourth-order valence-electron chi connectivity index (χ4n) is 3.64. The predicted molar refractivity (Wildman–Crippen MR) is 90.7 cm³/mol. The molecule has 3 N–H and O–H groups in total. The van der Waals surface area contributed by atoms with Crippen LogP contribution in [0.5, 0.6) is 0 Å². The fourth-order valence-corrected chi connectivity index (χ4v) is 5.94. The summed E-state index contributed by atoms with van der Waals surface area (Å²) in [5.41, 5.74) is 0.401. The van der Waals surface area contributed by atoms with Crippen LogP contribution in [0.2, 0.25) is 0 Å². The molecule has 1 aromatic carbocycles. The van der Waals surface area contributed by atoms with Crippen molar-refractivity contribution in [3.05, 3.63) is 23.8 Å². The van der Waals surface area contributed by atoms with Crippen molar-refractivity contribution in [3.8, 4) is 0 Å². The van der Waals surface area contributed by atoms with E-state index in [4.69, 9.17) is 0 Å². The van der Waals surface area contributed by atoms with E-state index in [1.807, 2.05) is 0 Å². The Morgan fingerprint density at radius 1 is 1.04 bits per heavy atom. The van der Waals surface area contributed by atoms with Crippen LogP contribution in [0, 0.1) is 6.92 Å². The maximum Gasteiger partial charge on any atom is 0.240 e. The molecule has 0 amide bonds. The van der Waals surface area contributed by atoms with E-state index in [9.17, 15) is 16.8 Å². The molecule has 134 valence electrons. The molecule has 0 aromatic heterocycles. The zero-order valence-corrected chi connectivity index (χ0v) is 15.4. The van der Waals surface area contributed by atoms with E-state index in [1.54, 1.807) is 6.92 Å². The first-order chi connectivity index (χ1) is 11.2. The molecule has 2 unspecified atom stereocenters. The molecule has 0 spiro atoms. The number of piperidine rings is 1. The number of hydrogen-bond donors (Lipinski definition) is 3. The molecule has 0 radical (unpaired) electrons. The second kappa shape index (κ2) is 6.38. The van der Waals surface area contributed by atoms with Gasteiger partial charge in [0, 0.05) is 18.1 Å². The number of sulfonamides is 2. The summed E-state index contributed by atoms with van der Waals surface area (Å²) in [6.45, 7) is 1.59. The highest BCUT2D eigenvalue weighted by molar-refractivity contribution is 7.90. The Kier molecular flexibility index (Phi) is 4.73. The quantitative estimate of drug-likeness (QED) is 0.696. The Morgan fingerprint density at radius 2 is 1.67 bits per heavy atom. The maximum atomic E-state index is 12.6. The van der Waals surface area contributed by atoms with Crippen LogP contribution in [0.25, 0.3) is 0 Å². The standard InChI is InChI=1S/C15H23N3O4S2/c1-10-7-14(5-6-15(10)24(21,22)16-2)23(19,20)18-13-8-11-3-4-12(9-13)17-11/h5-7,11-13,16-18H,3-4,8-9H2,1-2H3. The molecule has 2 fully saturated rings. The number of nitrogens with one attached hydrogen (secondary N) is 3. The summed E-state index contributed by atoms with van der Waals surface area (Å²) in [5, 5.41) is 3.48. The van der Waals surface area contributed by atoms with Crippen LogP contribution in [0.3, 0.4) is 0 Å². The van der Waals surface area contributed by atoms with Crippen molar-refractivity contribution in [1.29, 1.82) is 0 Å². The van der Waals surface area contributed by atoms with E-state index < -0.39 is 20.0 Å². The van der Waals surface area contributed by atoms with E-state index in [0.717, 1.165) is 25.7 Å². The van der Waals surface area contributed by atoms with E-state index in [0.29, 0.717) is 17.6 Å². The zero-order chi connectivity index (χ0) is 17.5. The predicted octanol–water partition coefficient (Wildman–Crippen LogP) is 0.464. The van der Waals surface area contributed by atoms with Crippen LogP contribution >= 0.6 is 0 Å². The van der Waals surface area contributed by atoms with Gasteiger partial charge in [0.1, 0.15) is 0 Å². The number of fused-ring (bicyclic) bond motifs is 2. The molecule has 2 aliphatic rings. The maximum absolute atomic E-state index is 12.6. The van der Waals surface area contributed by atoms with Crippen LogP contribution in [0.4, 0.5) is 0 Å². The second-order valence-electron chi connectivity index (χ2n) is 6.56. The number of hydrogen-bond acceptors (Lipinski definition) is 5. The lowest BCUT2D eigenvalue weighted by molar-refractivity contribution is 0.345. The average Bonchev–Trinajstić information content (AvgIpc) is 2.85. The van der Waals surface area contributed by atoms with Gasteiger partial charge in [0.05, 0.1) is 9.79 Å². The van der Waals surface area contributed by atoms with Crippen molar-refractivity contribution >= 4 is 20.0 Å². The van der Waals surface area contributed by atoms with E-state index in [2.05, 4.69) is 14.8 Å². The van der Waals surface area contributed by atoms with Crippen LogP contribution in [0.15, 0.2) is 28.0 Å². The van der Waals surface area contributed by atoms with Crippen LogP contribution in [0.1, 0.15) is 31.2 Å². The molecular weight excluding hydrogens is 350 g/mol. The average molecular weight is 374 g/mol. The fraction of sp³-hybridized carbons (Fsp3) is 0.600. The summed E-state index contributed by atoms with van der Waals surface area (Å²) in [6.07, 6.45) is 3.78. The minimum Gasteiger partial charge on any atom is -0.311 e. The highest BCUT2D eigenvalue weighted by atomic mass is 32.2. The molecule has 2 bridgehead atoms. The smallest absolute Gasteiger partial charge is 0.240 e. The molecule has 2 aliphatic heterocycles. The van der Waals surface area contributed by atoms with Gasteiger partial charge in [0.2, 0.25) is 20.0 Å². The lowest BCUT2D eigenvalue weighted by atomic mass is 10.0. The second-order valence-corrected chi connectivity index (χ2v) is 10.1. The lowest BCUT2D eigenvalue weighted by Gasteiger charge is -2.29. The van der Waals surface area contributed by atoms with Crippen LogP contribution in [-0.4, -0.2) is 42.0 Å². The van der Waals surface area contributed by atoms with Crippen molar-refractivity contribution in [2.24, 2.45) is 0 Å². The van der Waals surface area contributed by atoms with E-state index >= 15 is 0 Å². The van der Waals surface area contributed by atoms with Crippen molar-refractivity contribution in [3.63, 3.8) is 0 Å². The molecule has 24 heavy (non-hydrogen) atoms. The van der Waals surface area contributed by atoms with Crippen molar-refractivity contribution in [1.82, 2.24) is 14.8 Å². The summed E-state index contributed by atoms with van der Waals surface area (Å²) >= 11 is 0. The van der Waals surface area contributed by atoms with Gasteiger partial charge in [0.15, 0.2) is 0 Å². The van der Waals surface area contributed by atoms with E-state index in [-0.39, 0.29) is 15.8 Å². The third-order valence-corrected chi connectivity index (χ3v) is 7.90. The van der Waals surface area contributed by atoms with Gasteiger partial charge in [0.25, 0.3) is 0 Å². The molecule has 2 saturated heterocycles. The summed E-state index contributed by atoms with van der Waals surface area (Å²) in [5.74, 6) is 0. The molecule has 2 heterocycles. The number of benzene rings is 1. The van der Waals surface area contributed by atoms with Gasteiger partial charge in [-0.15, -0.1) is 0 Å². The van der Waals surface area contributed by atoms with Gasteiger partial charge in [-0.25, -0.2) is 26.3 Å². The van der Waals surface area contributed by atoms with Gasteiger partial charge >= 0.3 is 0 Å². The summed E-state index contributed by atoms with van der Waals surface area (Å²) in [4.78, 5) is 0.185. The van der Waals surface area contributed by atoms with Gasteiger partial charge in [-0.05, 0) is 63.4 Å². The van der Waals surface area contributed by atoms with Crippen molar-refractivity contribution in [2.45, 2.75) is 60.5 Å². The first kappa shape index (κ1) is 17.8. The number of aryl methyl sites for hydroxylation is 1. The summed E-state index contributed by atoms with van der Waals surface area (Å²) in [7, 11) is -5.94. The van der Waals surface area contributed by atoms with Gasteiger partial charge in [-0.1, -0.05) is 0 Å². The molecule has 0 aliphatic carbocycles. The minimum atomic E-state index is -3.66. The molecule has 9 heteroatoms. The normalized spacial score (nSPS) is 27.3. The third kappa shape index (κ3) is 3.50. The number of rotatable bonds is 5. The molecular formula is C15H23N3O4S2. The highest BCUT2D eigenvalue weighted by Gasteiger charge is 2.35. The van der Waals surface area contributed by atoms with Gasteiger partial charge < -0.3 is 5.32 Å². The van der Waals surface area contributed by atoms with Gasteiger partial charge in [-0.2, -0.15) is 0 Å². The Balaban J connectivity index is 1.81. The molecule has 3 rings (SSSR count). The summed E-state index contributed by atoms with van der Waals surface area (Å²) in [6, 6.07) is 4.79. The summed E-state index contributed by atoms with van der Waals surface area (Å²) < 4.78 is 54.0. The SMILES string of the molecule is CNS(=O)(=O)c1ccc(S(=O)(=O)NC2CC3CCC(C2)N3)cc1C. The largest absolute Gasteiger partial charge is 0.311 e. The first-order valence-electron chi connectivity index (χ1n) is 8.04. The Labute approximate surface area is 143 Å². The highest BCUT2D eigenvalue weighted by Crippen LogP contribution is 2.28. The van der Waals surface area contributed by atoms with Crippen LogP contribution in [-0.2, 0) is 20.0 Å². The van der Waals surface area contributed by atoms with Crippen molar-refractivity contribution in [2.75, 3.05) is 7.05 Å². The topological polar surface area (TPSA) is 104 Å². The lowest BCUT2D eigenvalue weighted by Crippen LogP contribution is -2.47. The Bertz CT molecular complexity index is 824. The Morgan fingerprint density at radius 3 is 2.21 bits per heavy atom. The third-order valence-electron chi connectivity index (χ3n) is 4.81. The van der Waals surface area contributed by atoms with E-state index in [1.165, 1.54) is 25.2 Å². The molecule has 1 aromatic rings. The minimum absolute atomic E-state index is 0.0743. The Hall–Kier alpha value is -1.00. The molecule has 7 nitrogen and oxygen atoms in total. The molecule has 0 saturated carbocycles. The molecule has 2 atom stereocenters. The van der Waals surface area contributed by atoms with Gasteiger partial charge in [-0.3, -0.25) is 0 Å².